The Morgan fingerprint density at radius 1 is 1.28 bits per heavy atom. The third kappa shape index (κ3) is 3.05. The largest absolute Gasteiger partial charge is 0.341 e. The molecule has 3 nitrogen and oxygen atoms in total. The van der Waals surface area contributed by atoms with Crippen molar-refractivity contribution < 1.29 is 4.79 Å². The summed E-state index contributed by atoms with van der Waals surface area (Å²) in [5, 5.41) is 0. The lowest BCUT2D eigenvalue weighted by Crippen LogP contribution is -2.46. The monoisotopic (exact) mass is 254 g/mol. The van der Waals surface area contributed by atoms with Gasteiger partial charge >= 0.3 is 0 Å². The Morgan fingerprint density at radius 3 is 2.28 bits per heavy atom. The summed E-state index contributed by atoms with van der Waals surface area (Å²) in [6, 6.07) is 0.0690. The second kappa shape index (κ2) is 6.55. The second-order valence-electron chi connectivity index (χ2n) is 5.71. The van der Waals surface area contributed by atoms with Crippen molar-refractivity contribution in [1.82, 2.24) is 9.80 Å². The first-order valence-electron chi connectivity index (χ1n) is 7.52. The Morgan fingerprint density at radius 2 is 1.89 bits per heavy atom. The van der Waals surface area contributed by atoms with Crippen LogP contribution in [0.5, 0.6) is 0 Å². The Balaban J connectivity index is 2.69. The van der Waals surface area contributed by atoms with Crippen LogP contribution >= 0.6 is 0 Å². The minimum atomic E-state index is 0.0690. The van der Waals surface area contributed by atoms with Crippen molar-refractivity contribution in [2.24, 2.45) is 5.41 Å². The summed E-state index contributed by atoms with van der Waals surface area (Å²) >= 11 is 0. The highest BCUT2D eigenvalue weighted by Gasteiger charge is 2.39. The molecular formula is C15H30N2O. The van der Waals surface area contributed by atoms with Gasteiger partial charge in [-0.25, -0.2) is 0 Å². The van der Waals surface area contributed by atoms with Crippen LogP contribution in [0.4, 0.5) is 0 Å². The molecule has 1 saturated heterocycles. The zero-order valence-corrected chi connectivity index (χ0v) is 12.8. The molecule has 1 heterocycles. The molecule has 0 aromatic rings. The summed E-state index contributed by atoms with van der Waals surface area (Å²) in [4.78, 5) is 16.9. The summed E-state index contributed by atoms with van der Waals surface area (Å²) in [6.07, 6.45) is 4.46. The molecule has 0 aromatic heterocycles. The number of carbonyl (C=O) groups excluding carboxylic acids is 1. The normalized spacial score (nSPS) is 20.4. The molecule has 1 atom stereocenters. The van der Waals surface area contributed by atoms with Gasteiger partial charge < -0.3 is 4.90 Å². The van der Waals surface area contributed by atoms with Crippen molar-refractivity contribution in [3.05, 3.63) is 0 Å². The average Bonchev–Trinajstić information content (AvgIpc) is 2.84. The third-order valence-electron chi connectivity index (χ3n) is 4.95. The Bertz CT molecular complexity index is 274. The van der Waals surface area contributed by atoms with E-state index >= 15 is 0 Å². The van der Waals surface area contributed by atoms with Crippen LogP contribution in [0.25, 0.3) is 0 Å². The van der Waals surface area contributed by atoms with Gasteiger partial charge in [0, 0.05) is 13.1 Å². The van der Waals surface area contributed by atoms with Gasteiger partial charge in [0.05, 0.1) is 6.04 Å². The van der Waals surface area contributed by atoms with Crippen LogP contribution in [-0.4, -0.2) is 48.4 Å². The molecule has 0 radical (unpaired) electrons. The molecule has 106 valence electrons. The van der Waals surface area contributed by atoms with Crippen LogP contribution in [0.3, 0.4) is 0 Å². The van der Waals surface area contributed by atoms with Gasteiger partial charge in [-0.05, 0) is 44.7 Å². The summed E-state index contributed by atoms with van der Waals surface area (Å²) in [5.41, 5.74) is 0.388. The number of nitrogens with zero attached hydrogens (tertiary/aromatic N) is 2. The van der Waals surface area contributed by atoms with Crippen molar-refractivity contribution in [2.75, 3.05) is 26.7 Å². The van der Waals surface area contributed by atoms with Crippen LogP contribution in [-0.2, 0) is 4.79 Å². The molecule has 1 unspecified atom stereocenters. The quantitative estimate of drug-likeness (QED) is 0.727. The Labute approximate surface area is 113 Å². The molecule has 1 aliphatic heterocycles. The number of amides is 1. The Kier molecular flexibility index (Phi) is 5.64. The zero-order valence-electron chi connectivity index (χ0n) is 12.8. The van der Waals surface area contributed by atoms with Crippen molar-refractivity contribution in [2.45, 2.75) is 59.4 Å². The van der Waals surface area contributed by atoms with Gasteiger partial charge in [-0.2, -0.15) is 0 Å². The minimum absolute atomic E-state index is 0.0690. The number of likely N-dealkylation sites (tertiary alicyclic amines) is 1. The molecule has 1 fully saturated rings. The van der Waals surface area contributed by atoms with E-state index in [1.54, 1.807) is 0 Å². The van der Waals surface area contributed by atoms with Gasteiger partial charge in [0.25, 0.3) is 0 Å². The van der Waals surface area contributed by atoms with E-state index in [9.17, 15) is 4.79 Å². The summed E-state index contributed by atoms with van der Waals surface area (Å²) in [6.45, 7) is 11.6. The fraction of sp³-hybridized carbons (Fsp3) is 0.933. The molecule has 1 rings (SSSR count). The molecular weight excluding hydrogens is 224 g/mol. The highest BCUT2D eigenvalue weighted by atomic mass is 16.2. The van der Waals surface area contributed by atoms with Crippen LogP contribution < -0.4 is 0 Å². The SMILES string of the molecule is CCC(C(=O)N1CCC(CC)(CC)C1)N(C)CC. The number of carbonyl (C=O) groups is 1. The molecule has 0 N–H and O–H groups in total. The topological polar surface area (TPSA) is 23.6 Å². The van der Waals surface area contributed by atoms with E-state index in [1.165, 1.54) is 19.3 Å². The van der Waals surface area contributed by atoms with Crippen molar-refractivity contribution in [1.29, 1.82) is 0 Å². The van der Waals surface area contributed by atoms with E-state index in [1.807, 2.05) is 0 Å². The first kappa shape index (κ1) is 15.5. The van der Waals surface area contributed by atoms with E-state index in [2.05, 4.69) is 44.5 Å². The number of rotatable bonds is 6. The maximum atomic E-state index is 12.6. The van der Waals surface area contributed by atoms with Crippen LogP contribution in [0.2, 0.25) is 0 Å². The standard InChI is InChI=1S/C15H30N2O/c1-6-13(16(5)9-4)14(18)17-11-10-15(7-2,8-3)12-17/h13H,6-12H2,1-5H3. The third-order valence-corrected chi connectivity index (χ3v) is 4.95. The molecule has 18 heavy (non-hydrogen) atoms. The highest BCUT2D eigenvalue weighted by molar-refractivity contribution is 5.82. The molecule has 0 saturated carbocycles. The minimum Gasteiger partial charge on any atom is -0.341 e. The molecule has 0 aliphatic carbocycles. The van der Waals surface area contributed by atoms with E-state index < -0.39 is 0 Å². The molecule has 0 aromatic carbocycles. The van der Waals surface area contributed by atoms with Crippen molar-refractivity contribution in [3.8, 4) is 0 Å². The van der Waals surface area contributed by atoms with E-state index in [0.29, 0.717) is 11.3 Å². The summed E-state index contributed by atoms with van der Waals surface area (Å²) < 4.78 is 0. The van der Waals surface area contributed by atoms with Crippen LogP contribution in [0, 0.1) is 5.41 Å². The Hall–Kier alpha value is -0.570. The van der Waals surface area contributed by atoms with E-state index in [0.717, 1.165) is 26.1 Å². The van der Waals surface area contributed by atoms with E-state index in [4.69, 9.17) is 0 Å². The lowest BCUT2D eigenvalue weighted by atomic mass is 9.82. The van der Waals surface area contributed by atoms with Crippen LogP contribution in [0.1, 0.15) is 53.4 Å². The van der Waals surface area contributed by atoms with Gasteiger partial charge in [-0.15, -0.1) is 0 Å². The fourth-order valence-electron chi connectivity index (χ4n) is 3.06. The predicted octanol–water partition coefficient (Wildman–Crippen LogP) is 2.76. The lowest BCUT2D eigenvalue weighted by Gasteiger charge is -2.31. The maximum absolute atomic E-state index is 12.6. The van der Waals surface area contributed by atoms with Crippen LogP contribution in [0.15, 0.2) is 0 Å². The lowest BCUT2D eigenvalue weighted by molar-refractivity contribution is -0.136. The smallest absolute Gasteiger partial charge is 0.239 e. The fourth-order valence-corrected chi connectivity index (χ4v) is 3.06. The van der Waals surface area contributed by atoms with Gasteiger partial charge in [0.15, 0.2) is 0 Å². The molecule has 1 aliphatic rings. The maximum Gasteiger partial charge on any atom is 0.239 e. The van der Waals surface area contributed by atoms with Gasteiger partial charge in [-0.3, -0.25) is 9.69 Å². The number of likely N-dealkylation sites (N-methyl/N-ethyl adjacent to an activating group) is 1. The summed E-state index contributed by atoms with van der Waals surface area (Å²) in [5.74, 6) is 0.339. The first-order valence-corrected chi connectivity index (χ1v) is 7.52. The highest BCUT2D eigenvalue weighted by Crippen LogP contribution is 2.37. The predicted molar refractivity (Wildman–Crippen MR) is 76.6 cm³/mol. The molecule has 3 heteroatoms. The van der Waals surface area contributed by atoms with E-state index in [-0.39, 0.29) is 6.04 Å². The average molecular weight is 254 g/mol. The molecule has 1 amide bonds. The van der Waals surface area contributed by atoms with Gasteiger partial charge in [0.2, 0.25) is 5.91 Å². The molecule has 0 spiro atoms. The van der Waals surface area contributed by atoms with Gasteiger partial charge in [0.1, 0.15) is 0 Å². The second-order valence-corrected chi connectivity index (χ2v) is 5.71. The van der Waals surface area contributed by atoms with Gasteiger partial charge in [-0.1, -0.05) is 27.7 Å². The number of hydrogen-bond donors (Lipinski definition) is 0. The zero-order chi connectivity index (χ0) is 13.8. The van der Waals surface area contributed by atoms with Crippen molar-refractivity contribution in [3.63, 3.8) is 0 Å². The molecule has 0 bridgehead atoms. The number of hydrogen-bond acceptors (Lipinski definition) is 2. The summed E-state index contributed by atoms with van der Waals surface area (Å²) in [7, 11) is 2.05. The first-order chi connectivity index (χ1) is 8.53. The van der Waals surface area contributed by atoms with Crippen molar-refractivity contribution >= 4 is 5.91 Å².